The Hall–Kier alpha value is -3.68. The molecule has 1 aromatic carbocycles. The molecule has 2 amide bonds. The number of fused-ring (bicyclic) bond motifs is 1. The molecule has 8 nitrogen and oxygen atoms in total. The van der Waals surface area contributed by atoms with E-state index in [0.29, 0.717) is 24.2 Å². The maximum absolute atomic E-state index is 12.7. The number of carbonyl (C=O) groups is 3. The highest BCUT2D eigenvalue weighted by Gasteiger charge is 2.31. The average Bonchev–Trinajstić information content (AvgIpc) is 3.18. The van der Waals surface area contributed by atoms with Crippen LogP contribution in [0.4, 0.5) is 0 Å². The van der Waals surface area contributed by atoms with Crippen LogP contribution in [0.5, 0.6) is 0 Å². The standard InChI is InChI=1S/C20H18N4O4/c25-17(16-13-21-18-15(16)7-4-8-24(18)28)20(27)23-11-9-22(10-12-23)19(26)14-5-2-1-3-6-14/h1-8,13,28H,9-12H2. The topological polar surface area (TPSA) is 95.7 Å². The fourth-order valence-corrected chi connectivity index (χ4v) is 3.34. The summed E-state index contributed by atoms with van der Waals surface area (Å²) in [6.45, 7) is 1.30. The summed E-state index contributed by atoms with van der Waals surface area (Å²) < 4.78 is 0.810. The van der Waals surface area contributed by atoms with Crippen molar-refractivity contribution in [3.63, 3.8) is 0 Å². The number of piperazine rings is 1. The number of nitrogens with zero attached hydrogens (tertiary/aromatic N) is 4. The van der Waals surface area contributed by atoms with Crippen molar-refractivity contribution in [2.24, 2.45) is 0 Å². The minimum Gasteiger partial charge on any atom is -0.427 e. The minimum atomic E-state index is -0.670. The van der Waals surface area contributed by atoms with E-state index in [1.165, 1.54) is 17.3 Å². The van der Waals surface area contributed by atoms with Gasteiger partial charge < -0.3 is 15.0 Å². The lowest BCUT2D eigenvalue weighted by atomic mass is 10.1. The smallest absolute Gasteiger partial charge is 0.295 e. The molecule has 142 valence electrons. The van der Waals surface area contributed by atoms with Crippen molar-refractivity contribution >= 4 is 17.6 Å². The largest absolute Gasteiger partial charge is 0.427 e. The Labute approximate surface area is 160 Å². The van der Waals surface area contributed by atoms with Crippen LogP contribution in [0.1, 0.15) is 20.7 Å². The Bertz CT molecular complexity index is 1010. The molecule has 28 heavy (non-hydrogen) atoms. The van der Waals surface area contributed by atoms with Gasteiger partial charge in [-0.15, -0.1) is 0 Å². The molecule has 1 N–H and O–H groups in total. The summed E-state index contributed by atoms with van der Waals surface area (Å²) in [7, 11) is 0. The maximum atomic E-state index is 12.7. The fourth-order valence-electron chi connectivity index (χ4n) is 3.34. The third-order valence-electron chi connectivity index (χ3n) is 4.87. The third-order valence-corrected chi connectivity index (χ3v) is 4.87. The van der Waals surface area contributed by atoms with Crippen molar-refractivity contribution in [2.45, 2.75) is 0 Å². The molecule has 0 bridgehead atoms. The molecule has 3 aliphatic heterocycles. The number of rotatable bonds is 3. The molecule has 0 saturated carbocycles. The third kappa shape index (κ3) is 3.09. The average molecular weight is 378 g/mol. The second kappa shape index (κ2) is 7.15. The lowest BCUT2D eigenvalue weighted by Crippen LogP contribution is -2.52. The van der Waals surface area contributed by atoms with Gasteiger partial charge >= 0.3 is 0 Å². The monoisotopic (exact) mass is 378 g/mol. The Morgan fingerprint density at radius 3 is 2.29 bits per heavy atom. The normalized spacial score (nSPS) is 14.3. The first-order valence-electron chi connectivity index (χ1n) is 8.89. The quantitative estimate of drug-likeness (QED) is 0.422. The summed E-state index contributed by atoms with van der Waals surface area (Å²) in [5.41, 5.74) is 1.18. The number of hydrogen-bond acceptors (Lipinski definition) is 5. The molecule has 0 atom stereocenters. The second-order valence-electron chi connectivity index (χ2n) is 6.54. The SMILES string of the molecule is O=C(C(=O)N1CCN(C(=O)c2ccccc2)CC1)c1cnc2n(O)cccc1-2. The molecular weight excluding hydrogens is 360 g/mol. The Morgan fingerprint density at radius 2 is 1.57 bits per heavy atom. The van der Waals surface area contributed by atoms with Crippen LogP contribution < -0.4 is 0 Å². The Morgan fingerprint density at radius 1 is 0.893 bits per heavy atom. The Kier molecular flexibility index (Phi) is 4.52. The number of aromatic nitrogens is 2. The molecule has 8 heteroatoms. The zero-order valence-corrected chi connectivity index (χ0v) is 15.0. The molecule has 0 aliphatic carbocycles. The van der Waals surface area contributed by atoms with Crippen LogP contribution in [-0.4, -0.2) is 68.5 Å². The molecule has 0 unspecified atom stereocenters. The van der Waals surface area contributed by atoms with Crippen LogP contribution in [-0.2, 0) is 4.79 Å². The highest BCUT2D eigenvalue weighted by molar-refractivity contribution is 6.43. The maximum Gasteiger partial charge on any atom is 0.295 e. The summed E-state index contributed by atoms with van der Waals surface area (Å²) in [6.07, 6.45) is 2.70. The van der Waals surface area contributed by atoms with Crippen molar-refractivity contribution in [1.82, 2.24) is 19.5 Å². The van der Waals surface area contributed by atoms with E-state index in [4.69, 9.17) is 0 Å². The molecule has 1 aromatic rings. The molecule has 1 saturated heterocycles. The number of pyridine rings is 1. The lowest BCUT2D eigenvalue weighted by molar-refractivity contribution is -0.127. The fraction of sp³-hybridized carbons (Fsp3) is 0.200. The highest BCUT2D eigenvalue weighted by atomic mass is 16.5. The molecule has 1 fully saturated rings. The highest BCUT2D eigenvalue weighted by Crippen LogP contribution is 2.25. The van der Waals surface area contributed by atoms with Gasteiger partial charge in [0, 0.05) is 49.7 Å². The van der Waals surface area contributed by atoms with E-state index in [9.17, 15) is 19.6 Å². The predicted octanol–water partition coefficient (Wildman–Crippen LogP) is 1.39. The zero-order valence-electron chi connectivity index (χ0n) is 15.0. The van der Waals surface area contributed by atoms with E-state index in [1.54, 1.807) is 41.3 Å². The van der Waals surface area contributed by atoms with E-state index in [0.717, 1.165) is 4.73 Å². The summed E-state index contributed by atoms with van der Waals surface area (Å²) in [5.74, 6) is -1.17. The lowest BCUT2D eigenvalue weighted by Gasteiger charge is -2.34. The molecule has 3 aliphatic rings. The zero-order chi connectivity index (χ0) is 19.7. The number of benzene rings is 1. The predicted molar refractivity (Wildman–Crippen MR) is 99.3 cm³/mol. The van der Waals surface area contributed by atoms with Crippen LogP contribution in [0.25, 0.3) is 11.4 Å². The molecule has 3 heterocycles. The van der Waals surface area contributed by atoms with Gasteiger partial charge in [0.1, 0.15) is 0 Å². The van der Waals surface area contributed by atoms with Crippen molar-refractivity contribution in [1.29, 1.82) is 0 Å². The van der Waals surface area contributed by atoms with Gasteiger partial charge in [-0.1, -0.05) is 18.2 Å². The van der Waals surface area contributed by atoms with Crippen LogP contribution >= 0.6 is 0 Å². The van der Waals surface area contributed by atoms with Gasteiger partial charge in [0.15, 0.2) is 5.82 Å². The second-order valence-corrected chi connectivity index (χ2v) is 6.54. The Balaban J connectivity index is 1.43. The number of ketones is 1. The van der Waals surface area contributed by atoms with Crippen molar-refractivity contribution in [3.05, 3.63) is 66.0 Å². The summed E-state index contributed by atoms with van der Waals surface area (Å²) in [5, 5.41) is 9.74. The van der Waals surface area contributed by atoms with Gasteiger partial charge in [0.25, 0.3) is 17.6 Å². The summed E-state index contributed by atoms with van der Waals surface area (Å²) >= 11 is 0. The molecule has 0 radical (unpaired) electrons. The van der Waals surface area contributed by atoms with E-state index in [2.05, 4.69) is 4.98 Å². The first kappa shape index (κ1) is 17.7. The first-order valence-corrected chi connectivity index (χ1v) is 8.89. The van der Waals surface area contributed by atoms with Gasteiger partial charge in [0.2, 0.25) is 0 Å². The molecule has 0 spiro atoms. The van der Waals surface area contributed by atoms with E-state index < -0.39 is 11.7 Å². The molecule has 0 aromatic heterocycles. The number of carbonyl (C=O) groups excluding carboxylic acids is 3. The van der Waals surface area contributed by atoms with Crippen molar-refractivity contribution in [3.8, 4) is 11.4 Å². The first-order chi connectivity index (χ1) is 13.6. The van der Waals surface area contributed by atoms with Gasteiger partial charge in [0.05, 0.1) is 5.56 Å². The van der Waals surface area contributed by atoms with E-state index in [-0.39, 0.29) is 30.4 Å². The van der Waals surface area contributed by atoms with Crippen LogP contribution in [0.2, 0.25) is 0 Å². The van der Waals surface area contributed by atoms with Crippen molar-refractivity contribution in [2.75, 3.05) is 26.2 Å². The van der Waals surface area contributed by atoms with E-state index >= 15 is 0 Å². The number of amides is 2. The van der Waals surface area contributed by atoms with Gasteiger partial charge in [-0.25, -0.2) is 4.98 Å². The number of hydrogen-bond donors (Lipinski definition) is 1. The van der Waals surface area contributed by atoms with Crippen LogP contribution in [0.3, 0.4) is 0 Å². The van der Waals surface area contributed by atoms with Gasteiger partial charge in [-0.05, 0) is 24.3 Å². The van der Waals surface area contributed by atoms with Crippen LogP contribution in [0, 0.1) is 0 Å². The van der Waals surface area contributed by atoms with Gasteiger partial charge in [-0.3, -0.25) is 14.4 Å². The van der Waals surface area contributed by atoms with Gasteiger partial charge in [-0.2, -0.15) is 4.73 Å². The summed E-state index contributed by atoms with van der Waals surface area (Å²) in [6, 6.07) is 12.2. The number of Topliss-reactive ketones (excluding diaryl/α,β-unsaturated/α-hetero) is 1. The van der Waals surface area contributed by atoms with E-state index in [1.807, 2.05) is 6.07 Å². The molecular formula is C20H18N4O4. The van der Waals surface area contributed by atoms with Crippen molar-refractivity contribution < 1.29 is 19.6 Å². The van der Waals surface area contributed by atoms with Crippen LogP contribution in [0.15, 0.2) is 54.9 Å². The molecule has 4 rings (SSSR count). The summed E-state index contributed by atoms with van der Waals surface area (Å²) in [4.78, 5) is 44.9. The minimum absolute atomic E-state index is 0.0854.